The van der Waals surface area contributed by atoms with Gasteiger partial charge in [0.15, 0.2) is 0 Å². The van der Waals surface area contributed by atoms with Crippen molar-refractivity contribution in [1.82, 2.24) is 14.1 Å². The van der Waals surface area contributed by atoms with Crippen LogP contribution in [0.25, 0.3) is 0 Å². The van der Waals surface area contributed by atoms with Crippen LogP contribution in [0.5, 0.6) is 0 Å². The predicted octanol–water partition coefficient (Wildman–Crippen LogP) is 2.90. The molecule has 2 unspecified atom stereocenters. The number of nitrogens with zero attached hydrogens (tertiary/aromatic N) is 3. The third kappa shape index (κ3) is 2.65. The number of carboxylic acid groups (broad SMARTS) is 1. The minimum absolute atomic E-state index is 0.197. The van der Waals surface area contributed by atoms with Gasteiger partial charge in [0.05, 0.1) is 16.6 Å². The molecule has 1 saturated heterocycles. The first-order chi connectivity index (χ1) is 11.9. The number of aromatic nitrogens is 2. The van der Waals surface area contributed by atoms with Crippen LogP contribution in [0, 0.1) is 0 Å². The molecule has 7 nitrogen and oxygen atoms in total. The van der Waals surface area contributed by atoms with E-state index in [0.29, 0.717) is 29.1 Å². The van der Waals surface area contributed by atoms with Crippen LogP contribution in [0.1, 0.15) is 36.6 Å². The van der Waals surface area contributed by atoms with Gasteiger partial charge in [-0.15, -0.1) is 0 Å². The fourth-order valence-corrected chi connectivity index (χ4v) is 5.79. The average Bonchev–Trinajstić information content (AvgIpc) is 2.99. The molecule has 2 aromatic rings. The molecule has 1 N–H and O–H groups in total. The maximum atomic E-state index is 13.2. The van der Waals surface area contributed by atoms with E-state index < -0.39 is 16.1 Å². The summed E-state index contributed by atoms with van der Waals surface area (Å²) in [4.78, 5) is 11.4. The van der Waals surface area contributed by atoms with Crippen LogP contribution < -0.4 is 0 Å². The monoisotopic (exact) mass is 381 g/mol. The summed E-state index contributed by atoms with van der Waals surface area (Å²) in [6.07, 6.45) is 2.99. The summed E-state index contributed by atoms with van der Waals surface area (Å²) in [5, 5.41) is 13.7. The highest BCUT2D eigenvalue weighted by Gasteiger charge is 2.45. The molecule has 9 heteroatoms. The Hall–Kier alpha value is -1.90. The van der Waals surface area contributed by atoms with E-state index in [-0.39, 0.29) is 17.0 Å². The van der Waals surface area contributed by atoms with Crippen LogP contribution in [0.4, 0.5) is 4.79 Å². The Bertz CT molecular complexity index is 939. The standard InChI is InChI=1S/C16H16ClN3O4S/c17-10-4-6-12(7-5-10)25(23,24)20-11-2-1-3-15(20)13-9-19(16(21)22)18-14(13)8-11/h4-7,9,11,15H,1-3,8H2,(H,21,22). The maximum absolute atomic E-state index is 13.2. The number of piperidine rings is 1. The highest BCUT2D eigenvalue weighted by atomic mass is 35.5. The molecule has 0 amide bonds. The molecule has 4 rings (SSSR count). The van der Waals surface area contributed by atoms with Crippen LogP contribution in [0.3, 0.4) is 0 Å². The number of carbonyl (C=O) groups is 1. The van der Waals surface area contributed by atoms with Gasteiger partial charge in [-0.25, -0.2) is 13.2 Å². The molecule has 2 aliphatic heterocycles. The number of fused-ring (bicyclic) bond motifs is 4. The number of rotatable bonds is 2. The van der Waals surface area contributed by atoms with Crippen molar-refractivity contribution in [2.24, 2.45) is 0 Å². The summed E-state index contributed by atoms with van der Waals surface area (Å²) in [6.45, 7) is 0. The molecule has 0 radical (unpaired) electrons. The summed E-state index contributed by atoms with van der Waals surface area (Å²) < 4.78 is 28.8. The third-order valence-corrected chi connectivity index (χ3v) is 7.11. The lowest BCUT2D eigenvalue weighted by Crippen LogP contribution is -2.49. The molecule has 0 aliphatic carbocycles. The molecule has 1 aromatic heterocycles. The molecule has 2 aliphatic rings. The molecule has 1 aromatic carbocycles. The van der Waals surface area contributed by atoms with E-state index in [2.05, 4.69) is 5.10 Å². The van der Waals surface area contributed by atoms with Gasteiger partial charge in [-0.05, 0) is 43.5 Å². The lowest BCUT2D eigenvalue weighted by Gasteiger charge is -2.44. The quantitative estimate of drug-likeness (QED) is 0.863. The first kappa shape index (κ1) is 16.6. The fourth-order valence-electron chi connectivity index (χ4n) is 3.81. The normalized spacial score (nSPS) is 23.2. The van der Waals surface area contributed by atoms with E-state index in [9.17, 15) is 13.2 Å². The molecule has 0 spiro atoms. The Morgan fingerprint density at radius 2 is 1.96 bits per heavy atom. The molecule has 2 bridgehead atoms. The van der Waals surface area contributed by atoms with E-state index in [0.717, 1.165) is 17.5 Å². The van der Waals surface area contributed by atoms with Crippen LogP contribution in [0.15, 0.2) is 35.4 Å². The van der Waals surface area contributed by atoms with Gasteiger partial charge in [0.2, 0.25) is 10.0 Å². The van der Waals surface area contributed by atoms with Gasteiger partial charge >= 0.3 is 6.09 Å². The van der Waals surface area contributed by atoms with Crippen LogP contribution in [0.2, 0.25) is 5.02 Å². The first-order valence-electron chi connectivity index (χ1n) is 7.99. The zero-order valence-corrected chi connectivity index (χ0v) is 14.7. The lowest BCUT2D eigenvalue weighted by molar-refractivity contribution is 0.162. The summed E-state index contributed by atoms with van der Waals surface area (Å²) in [6, 6.07) is 5.54. The largest absolute Gasteiger partial charge is 0.463 e. The zero-order valence-electron chi connectivity index (χ0n) is 13.2. The minimum Gasteiger partial charge on any atom is -0.463 e. The van der Waals surface area contributed by atoms with Crippen molar-refractivity contribution >= 4 is 27.7 Å². The van der Waals surface area contributed by atoms with Crippen LogP contribution in [-0.4, -0.2) is 39.7 Å². The Morgan fingerprint density at radius 1 is 1.24 bits per heavy atom. The van der Waals surface area contributed by atoms with Crippen LogP contribution in [-0.2, 0) is 16.4 Å². The summed E-state index contributed by atoms with van der Waals surface area (Å²) in [5.41, 5.74) is 1.37. The molecule has 0 saturated carbocycles. The maximum Gasteiger partial charge on any atom is 0.432 e. The summed E-state index contributed by atoms with van der Waals surface area (Å²) >= 11 is 5.87. The number of hydrogen-bond donors (Lipinski definition) is 1. The van der Waals surface area contributed by atoms with Gasteiger partial charge in [0.1, 0.15) is 0 Å². The second-order valence-corrected chi connectivity index (χ2v) is 8.63. The molecule has 132 valence electrons. The van der Waals surface area contributed by atoms with Crippen molar-refractivity contribution in [3.8, 4) is 0 Å². The second kappa shape index (κ2) is 5.82. The molecule has 1 fully saturated rings. The van der Waals surface area contributed by atoms with Gasteiger partial charge in [0.25, 0.3) is 0 Å². The van der Waals surface area contributed by atoms with Crippen molar-refractivity contribution in [2.75, 3.05) is 0 Å². The van der Waals surface area contributed by atoms with Gasteiger partial charge in [-0.3, -0.25) is 0 Å². The third-order valence-electron chi connectivity index (χ3n) is 4.88. The Balaban J connectivity index is 1.79. The van der Waals surface area contributed by atoms with Crippen LogP contribution >= 0.6 is 11.6 Å². The van der Waals surface area contributed by atoms with Crippen molar-refractivity contribution in [1.29, 1.82) is 0 Å². The molecular formula is C16H16ClN3O4S. The summed E-state index contributed by atoms with van der Waals surface area (Å²) in [7, 11) is -3.70. The van der Waals surface area contributed by atoms with E-state index in [4.69, 9.17) is 16.7 Å². The van der Waals surface area contributed by atoms with Crippen molar-refractivity contribution in [3.63, 3.8) is 0 Å². The topological polar surface area (TPSA) is 92.5 Å². The SMILES string of the molecule is O=C(O)n1cc2c(n1)CC1CCCC2N1S(=O)(=O)c1ccc(Cl)cc1. The highest BCUT2D eigenvalue weighted by molar-refractivity contribution is 7.89. The first-order valence-corrected chi connectivity index (χ1v) is 9.80. The molecule has 3 heterocycles. The smallest absolute Gasteiger partial charge is 0.432 e. The second-order valence-electron chi connectivity index (χ2n) is 6.35. The number of sulfonamides is 1. The highest BCUT2D eigenvalue weighted by Crippen LogP contribution is 2.44. The fraction of sp³-hybridized carbons (Fsp3) is 0.375. The van der Waals surface area contributed by atoms with Gasteiger partial charge in [0, 0.05) is 29.2 Å². The minimum atomic E-state index is -3.70. The van der Waals surface area contributed by atoms with Crippen molar-refractivity contribution in [2.45, 2.75) is 42.7 Å². The van der Waals surface area contributed by atoms with E-state index in [1.165, 1.54) is 22.6 Å². The number of halogens is 1. The number of benzene rings is 1. The van der Waals surface area contributed by atoms with Gasteiger partial charge < -0.3 is 5.11 Å². The van der Waals surface area contributed by atoms with Crippen molar-refractivity contribution < 1.29 is 18.3 Å². The lowest BCUT2D eigenvalue weighted by atomic mass is 9.86. The molecule has 25 heavy (non-hydrogen) atoms. The van der Waals surface area contributed by atoms with E-state index >= 15 is 0 Å². The van der Waals surface area contributed by atoms with Gasteiger partial charge in [-0.2, -0.15) is 14.1 Å². The van der Waals surface area contributed by atoms with E-state index in [1.807, 2.05) is 0 Å². The molecular weight excluding hydrogens is 366 g/mol. The average molecular weight is 382 g/mol. The van der Waals surface area contributed by atoms with Gasteiger partial charge in [-0.1, -0.05) is 11.6 Å². The summed E-state index contributed by atoms with van der Waals surface area (Å²) in [5.74, 6) is 0. The number of hydrogen-bond acceptors (Lipinski definition) is 4. The Kier molecular flexibility index (Phi) is 3.86. The van der Waals surface area contributed by atoms with Crippen molar-refractivity contribution in [3.05, 3.63) is 46.7 Å². The zero-order chi connectivity index (χ0) is 17.8. The molecule has 2 atom stereocenters. The van der Waals surface area contributed by atoms with E-state index in [1.54, 1.807) is 12.1 Å². The Labute approximate surface area is 149 Å². The Morgan fingerprint density at radius 3 is 2.64 bits per heavy atom. The predicted molar refractivity (Wildman–Crippen MR) is 90.2 cm³/mol.